The van der Waals surface area contributed by atoms with Crippen LogP contribution >= 0.6 is 11.3 Å². The van der Waals surface area contributed by atoms with Gasteiger partial charge >= 0.3 is 4.87 Å². The SMILES string of the molecule is CCCCNS(=O)(=O)c1ccc2c(c1)sc(=O)n2CC. The predicted octanol–water partition coefficient (Wildman–Crippen LogP) is 2.16. The maximum Gasteiger partial charge on any atom is 0.308 e. The van der Waals surface area contributed by atoms with Crippen LogP contribution in [0.1, 0.15) is 26.7 Å². The second-order valence-corrected chi connectivity index (χ2v) is 7.25. The van der Waals surface area contributed by atoms with E-state index in [1.165, 1.54) is 0 Å². The van der Waals surface area contributed by atoms with E-state index in [1.807, 2.05) is 13.8 Å². The molecular weight excluding hydrogens is 296 g/mol. The molecule has 20 heavy (non-hydrogen) atoms. The minimum absolute atomic E-state index is 0.0593. The number of hydrogen-bond acceptors (Lipinski definition) is 4. The maximum absolute atomic E-state index is 12.1. The lowest BCUT2D eigenvalue weighted by Crippen LogP contribution is -2.24. The van der Waals surface area contributed by atoms with Crippen molar-refractivity contribution >= 4 is 31.6 Å². The van der Waals surface area contributed by atoms with Crippen molar-refractivity contribution in [1.82, 2.24) is 9.29 Å². The molecule has 0 bridgehead atoms. The van der Waals surface area contributed by atoms with E-state index in [-0.39, 0.29) is 9.77 Å². The van der Waals surface area contributed by atoms with Crippen LogP contribution in [-0.2, 0) is 16.6 Å². The first-order valence-corrected chi connectivity index (χ1v) is 8.92. The van der Waals surface area contributed by atoms with Crippen molar-refractivity contribution in [3.8, 4) is 0 Å². The molecule has 0 aliphatic rings. The number of sulfonamides is 1. The Balaban J connectivity index is 2.39. The summed E-state index contributed by atoms with van der Waals surface area (Å²) < 4.78 is 29.2. The summed E-state index contributed by atoms with van der Waals surface area (Å²) in [7, 11) is -3.49. The molecule has 1 heterocycles. The van der Waals surface area contributed by atoms with E-state index in [9.17, 15) is 13.2 Å². The fourth-order valence-electron chi connectivity index (χ4n) is 1.98. The fourth-order valence-corrected chi connectivity index (χ4v) is 4.15. The highest BCUT2D eigenvalue weighted by atomic mass is 32.2. The third-order valence-corrected chi connectivity index (χ3v) is 5.49. The van der Waals surface area contributed by atoms with Gasteiger partial charge < -0.3 is 0 Å². The first kappa shape index (κ1) is 15.2. The summed E-state index contributed by atoms with van der Waals surface area (Å²) in [6, 6.07) is 4.82. The number of aromatic nitrogens is 1. The number of fused-ring (bicyclic) bond motifs is 1. The van der Waals surface area contributed by atoms with Gasteiger partial charge in [-0.05, 0) is 31.5 Å². The molecule has 0 amide bonds. The van der Waals surface area contributed by atoms with Crippen LogP contribution in [0.25, 0.3) is 10.2 Å². The van der Waals surface area contributed by atoms with E-state index < -0.39 is 10.0 Å². The third kappa shape index (κ3) is 2.94. The largest absolute Gasteiger partial charge is 0.308 e. The lowest BCUT2D eigenvalue weighted by atomic mass is 10.3. The molecule has 1 aromatic carbocycles. The van der Waals surface area contributed by atoms with Crippen LogP contribution in [0.2, 0.25) is 0 Å². The Labute approximate surface area is 122 Å². The van der Waals surface area contributed by atoms with E-state index in [0.29, 0.717) is 17.8 Å². The Morgan fingerprint density at radius 1 is 1.30 bits per heavy atom. The van der Waals surface area contributed by atoms with E-state index in [2.05, 4.69) is 4.72 Å². The molecule has 0 unspecified atom stereocenters. The van der Waals surface area contributed by atoms with Crippen LogP contribution in [0, 0.1) is 0 Å². The van der Waals surface area contributed by atoms with Crippen molar-refractivity contribution in [3.63, 3.8) is 0 Å². The summed E-state index contributed by atoms with van der Waals surface area (Å²) in [5.74, 6) is 0. The van der Waals surface area contributed by atoms with Gasteiger partial charge in [0.15, 0.2) is 0 Å². The molecule has 1 aromatic heterocycles. The Morgan fingerprint density at radius 2 is 2.05 bits per heavy atom. The summed E-state index contributed by atoms with van der Waals surface area (Å²) in [6.45, 7) is 4.92. The second kappa shape index (κ2) is 6.07. The van der Waals surface area contributed by atoms with Gasteiger partial charge in [0, 0.05) is 13.1 Å². The minimum Gasteiger partial charge on any atom is -0.299 e. The molecule has 0 fully saturated rings. The Hall–Kier alpha value is -1.18. The van der Waals surface area contributed by atoms with E-state index in [4.69, 9.17) is 0 Å². The molecule has 110 valence electrons. The molecular formula is C13H18N2O3S2. The molecule has 0 saturated heterocycles. The highest BCUT2D eigenvalue weighted by Gasteiger charge is 2.15. The van der Waals surface area contributed by atoms with E-state index in [0.717, 1.165) is 29.7 Å². The van der Waals surface area contributed by atoms with Crippen molar-refractivity contribution < 1.29 is 8.42 Å². The third-order valence-electron chi connectivity index (χ3n) is 3.09. The van der Waals surface area contributed by atoms with Crippen LogP contribution in [-0.4, -0.2) is 19.5 Å². The molecule has 0 atom stereocenters. The number of rotatable bonds is 6. The topological polar surface area (TPSA) is 68.2 Å². The molecule has 0 aliphatic carbocycles. The first-order chi connectivity index (χ1) is 9.49. The number of nitrogens with one attached hydrogen (secondary N) is 1. The van der Waals surface area contributed by atoms with Gasteiger partial charge in [0.25, 0.3) is 0 Å². The molecule has 1 N–H and O–H groups in total. The summed E-state index contributed by atoms with van der Waals surface area (Å²) in [6.07, 6.45) is 1.74. The quantitative estimate of drug-likeness (QED) is 0.831. The molecule has 0 radical (unpaired) electrons. The van der Waals surface area contributed by atoms with Crippen molar-refractivity contribution in [2.45, 2.75) is 38.1 Å². The predicted molar refractivity (Wildman–Crippen MR) is 81.9 cm³/mol. The van der Waals surface area contributed by atoms with Crippen molar-refractivity contribution in [3.05, 3.63) is 27.9 Å². The molecule has 7 heteroatoms. The average Bonchev–Trinajstić information content (AvgIpc) is 2.73. The lowest BCUT2D eigenvalue weighted by Gasteiger charge is -2.06. The smallest absolute Gasteiger partial charge is 0.299 e. The zero-order valence-corrected chi connectivity index (χ0v) is 13.2. The highest BCUT2D eigenvalue weighted by Crippen LogP contribution is 2.21. The zero-order chi connectivity index (χ0) is 14.8. The van der Waals surface area contributed by atoms with Gasteiger partial charge in [-0.15, -0.1) is 0 Å². The first-order valence-electron chi connectivity index (χ1n) is 6.62. The van der Waals surface area contributed by atoms with Gasteiger partial charge in [-0.1, -0.05) is 24.7 Å². The van der Waals surface area contributed by atoms with Gasteiger partial charge in [-0.3, -0.25) is 9.36 Å². The lowest BCUT2D eigenvalue weighted by molar-refractivity contribution is 0.578. The molecule has 2 rings (SSSR count). The fraction of sp³-hybridized carbons (Fsp3) is 0.462. The van der Waals surface area contributed by atoms with Crippen LogP contribution in [0.3, 0.4) is 0 Å². The Bertz CT molecular complexity index is 760. The summed E-state index contributed by atoms with van der Waals surface area (Å²) in [5.41, 5.74) is 0.787. The monoisotopic (exact) mass is 314 g/mol. The number of thiazole rings is 1. The van der Waals surface area contributed by atoms with Crippen molar-refractivity contribution in [2.24, 2.45) is 0 Å². The Morgan fingerprint density at radius 3 is 2.70 bits per heavy atom. The van der Waals surface area contributed by atoms with Gasteiger partial charge in [0.1, 0.15) is 0 Å². The number of benzene rings is 1. The van der Waals surface area contributed by atoms with E-state index in [1.54, 1.807) is 22.8 Å². The number of aryl methyl sites for hydroxylation is 1. The van der Waals surface area contributed by atoms with Crippen LogP contribution in [0.15, 0.2) is 27.9 Å². The summed E-state index contributed by atoms with van der Waals surface area (Å²) in [5, 5.41) is 0. The van der Waals surface area contributed by atoms with Gasteiger partial charge in [0.2, 0.25) is 10.0 Å². The molecule has 2 aromatic rings. The van der Waals surface area contributed by atoms with Crippen LogP contribution in [0.4, 0.5) is 0 Å². The highest BCUT2D eigenvalue weighted by molar-refractivity contribution is 7.89. The standard InChI is InChI=1S/C13H18N2O3S2/c1-3-5-8-14-20(17,18)10-6-7-11-12(9-10)19-13(16)15(11)4-2/h6-7,9,14H,3-5,8H2,1-2H3. The van der Waals surface area contributed by atoms with Gasteiger partial charge in [-0.25, -0.2) is 13.1 Å². The summed E-state index contributed by atoms with van der Waals surface area (Å²) in [4.78, 5) is 11.9. The van der Waals surface area contributed by atoms with Crippen LogP contribution in [0.5, 0.6) is 0 Å². The molecule has 5 nitrogen and oxygen atoms in total. The molecule has 0 aliphatic heterocycles. The number of hydrogen-bond donors (Lipinski definition) is 1. The van der Waals surface area contributed by atoms with Crippen LogP contribution < -0.4 is 9.60 Å². The van der Waals surface area contributed by atoms with Crippen molar-refractivity contribution in [1.29, 1.82) is 0 Å². The van der Waals surface area contributed by atoms with Gasteiger partial charge in [0.05, 0.1) is 15.1 Å². The zero-order valence-electron chi connectivity index (χ0n) is 11.5. The summed E-state index contributed by atoms with van der Waals surface area (Å²) >= 11 is 1.08. The van der Waals surface area contributed by atoms with Crippen molar-refractivity contribution in [2.75, 3.05) is 6.54 Å². The number of unbranched alkanes of at least 4 members (excludes halogenated alkanes) is 1. The average molecular weight is 314 g/mol. The van der Waals surface area contributed by atoms with Gasteiger partial charge in [-0.2, -0.15) is 0 Å². The minimum atomic E-state index is -3.49. The number of nitrogens with zero attached hydrogens (tertiary/aromatic N) is 1. The molecule has 0 spiro atoms. The maximum atomic E-state index is 12.1. The normalized spacial score (nSPS) is 12.1. The molecule has 0 saturated carbocycles. The van der Waals surface area contributed by atoms with E-state index >= 15 is 0 Å². The Kier molecular flexibility index (Phi) is 4.62. The second-order valence-electron chi connectivity index (χ2n) is 4.49.